The molecule has 2 atom stereocenters. The smallest absolute Gasteiger partial charge is 0.326 e. The van der Waals surface area contributed by atoms with Crippen LogP contribution in [0.3, 0.4) is 0 Å². The average Bonchev–Trinajstić information content (AvgIpc) is 2.69. The summed E-state index contributed by atoms with van der Waals surface area (Å²) < 4.78 is 0. The first kappa shape index (κ1) is 11.8. The minimum absolute atomic E-state index is 0.155. The fourth-order valence-electron chi connectivity index (χ4n) is 1.41. The predicted octanol–water partition coefficient (Wildman–Crippen LogP) is 0.947. The molecule has 1 fully saturated rings. The Kier molecular flexibility index (Phi) is 3.21. The minimum Gasteiger partial charge on any atom is -0.480 e. The second kappa shape index (κ2) is 4.08. The van der Waals surface area contributed by atoms with Gasteiger partial charge in [0.15, 0.2) is 0 Å². The standard InChI is InChI=1S/C10H18N2O3/c1-4-6(8(13)14)11-9(15)12-7-5-10(7,2)3/h6-7H,4-5H2,1-3H3,(H,13,14)(H2,11,12,15)/t6-,7?/m1/s1. The zero-order chi connectivity index (χ0) is 11.6. The third kappa shape index (κ3) is 3.11. The minimum atomic E-state index is -0.997. The first-order valence-corrected chi connectivity index (χ1v) is 5.16. The van der Waals surface area contributed by atoms with Gasteiger partial charge < -0.3 is 15.7 Å². The molecular formula is C10H18N2O3. The van der Waals surface area contributed by atoms with Gasteiger partial charge in [-0.05, 0) is 18.3 Å². The molecule has 1 aliphatic carbocycles. The molecule has 1 aliphatic rings. The van der Waals surface area contributed by atoms with Crippen molar-refractivity contribution in [2.24, 2.45) is 5.41 Å². The maximum atomic E-state index is 11.4. The summed E-state index contributed by atoms with van der Waals surface area (Å²) >= 11 is 0. The van der Waals surface area contributed by atoms with Crippen molar-refractivity contribution < 1.29 is 14.7 Å². The average molecular weight is 214 g/mol. The fourth-order valence-corrected chi connectivity index (χ4v) is 1.41. The van der Waals surface area contributed by atoms with Gasteiger partial charge in [0.1, 0.15) is 6.04 Å². The number of hydrogen-bond donors (Lipinski definition) is 3. The number of aliphatic carboxylic acids is 1. The molecule has 1 unspecified atom stereocenters. The molecule has 0 aromatic carbocycles. The van der Waals surface area contributed by atoms with E-state index in [2.05, 4.69) is 24.5 Å². The molecule has 0 aliphatic heterocycles. The van der Waals surface area contributed by atoms with Crippen LogP contribution < -0.4 is 10.6 Å². The molecule has 1 rings (SSSR count). The zero-order valence-corrected chi connectivity index (χ0v) is 9.33. The van der Waals surface area contributed by atoms with Gasteiger partial charge in [-0.2, -0.15) is 0 Å². The molecular weight excluding hydrogens is 196 g/mol. The second-order valence-electron chi connectivity index (χ2n) is 4.66. The topological polar surface area (TPSA) is 78.4 Å². The molecule has 0 bridgehead atoms. The molecule has 0 aromatic heterocycles. The van der Waals surface area contributed by atoms with E-state index in [0.717, 1.165) is 6.42 Å². The second-order valence-corrected chi connectivity index (χ2v) is 4.66. The highest BCUT2D eigenvalue weighted by Gasteiger charge is 2.46. The van der Waals surface area contributed by atoms with Gasteiger partial charge in [0.2, 0.25) is 0 Å². The summed E-state index contributed by atoms with van der Waals surface area (Å²) in [4.78, 5) is 22.0. The number of urea groups is 1. The van der Waals surface area contributed by atoms with Crippen LogP contribution in [0.4, 0.5) is 4.79 Å². The van der Waals surface area contributed by atoms with Crippen LogP contribution in [0.2, 0.25) is 0 Å². The van der Waals surface area contributed by atoms with Crippen molar-refractivity contribution in [3.63, 3.8) is 0 Å². The van der Waals surface area contributed by atoms with Gasteiger partial charge in [0, 0.05) is 6.04 Å². The van der Waals surface area contributed by atoms with Gasteiger partial charge in [-0.15, -0.1) is 0 Å². The molecule has 0 saturated heterocycles. The Hall–Kier alpha value is -1.26. The molecule has 0 spiro atoms. The van der Waals surface area contributed by atoms with Crippen molar-refractivity contribution in [3.05, 3.63) is 0 Å². The van der Waals surface area contributed by atoms with Crippen LogP contribution >= 0.6 is 0 Å². The van der Waals surface area contributed by atoms with E-state index in [-0.39, 0.29) is 17.5 Å². The van der Waals surface area contributed by atoms with E-state index in [4.69, 9.17) is 5.11 Å². The van der Waals surface area contributed by atoms with Crippen LogP contribution in [0, 0.1) is 5.41 Å². The summed E-state index contributed by atoms with van der Waals surface area (Å²) in [5, 5.41) is 13.9. The number of carbonyl (C=O) groups is 2. The summed E-state index contributed by atoms with van der Waals surface area (Å²) in [5.41, 5.74) is 0.155. The summed E-state index contributed by atoms with van der Waals surface area (Å²) in [6.45, 7) is 5.85. The quantitative estimate of drug-likeness (QED) is 0.652. The Morgan fingerprint density at radius 3 is 2.40 bits per heavy atom. The van der Waals surface area contributed by atoms with E-state index >= 15 is 0 Å². The summed E-state index contributed by atoms with van der Waals surface area (Å²) in [6, 6.07) is -1.02. The molecule has 5 nitrogen and oxygen atoms in total. The van der Waals surface area contributed by atoms with Crippen LogP contribution in [-0.2, 0) is 4.79 Å². The van der Waals surface area contributed by atoms with Crippen LogP contribution in [-0.4, -0.2) is 29.2 Å². The van der Waals surface area contributed by atoms with Crippen molar-refractivity contribution in [1.82, 2.24) is 10.6 Å². The lowest BCUT2D eigenvalue weighted by molar-refractivity contribution is -0.139. The Morgan fingerprint density at radius 2 is 2.07 bits per heavy atom. The molecule has 3 N–H and O–H groups in total. The van der Waals surface area contributed by atoms with Gasteiger partial charge in [0.05, 0.1) is 0 Å². The lowest BCUT2D eigenvalue weighted by Gasteiger charge is -2.13. The Morgan fingerprint density at radius 1 is 1.53 bits per heavy atom. The lowest BCUT2D eigenvalue weighted by Crippen LogP contribution is -2.46. The number of carboxylic acids is 1. The summed E-state index contributed by atoms with van der Waals surface area (Å²) in [6.07, 6.45) is 1.33. The lowest BCUT2D eigenvalue weighted by atomic mass is 10.2. The van der Waals surface area contributed by atoms with Crippen LogP contribution in [0.15, 0.2) is 0 Å². The number of amides is 2. The Balaban J connectivity index is 2.33. The van der Waals surface area contributed by atoms with Gasteiger partial charge in [-0.1, -0.05) is 20.8 Å². The van der Waals surface area contributed by atoms with E-state index in [1.807, 2.05) is 0 Å². The van der Waals surface area contributed by atoms with E-state index in [0.29, 0.717) is 6.42 Å². The van der Waals surface area contributed by atoms with E-state index in [1.54, 1.807) is 6.92 Å². The van der Waals surface area contributed by atoms with Crippen molar-refractivity contribution in [3.8, 4) is 0 Å². The zero-order valence-electron chi connectivity index (χ0n) is 9.33. The first-order valence-electron chi connectivity index (χ1n) is 5.16. The van der Waals surface area contributed by atoms with Crippen LogP contribution in [0.25, 0.3) is 0 Å². The van der Waals surface area contributed by atoms with Crippen molar-refractivity contribution in [2.45, 2.75) is 45.7 Å². The largest absolute Gasteiger partial charge is 0.480 e. The first-order chi connectivity index (χ1) is 6.86. The molecule has 0 heterocycles. The van der Waals surface area contributed by atoms with E-state index in [1.165, 1.54) is 0 Å². The fraction of sp³-hybridized carbons (Fsp3) is 0.800. The van der Waals surface area contributed by atoms with Gasteiger partial charge in [0.25, 0.3) is 0 Å². The molecule has 86 valence electrons. The van der Waals surface area contributed by atoms with Crippen molar-refractivity contribution in [1.29, 1.82) is 0 Å². The normalized spacial score (nSPS) is 24.1. The highest BCUT2D eigenvalue weighted by Crippen LogP contribution is 2.44. The highest BCUT2D eigenvalue weighted by molar-refractivity contribution is 5.82. The molecule has 1 saturated carbocycles. The summed E-state index contributed by atoms with van der Waals surface area (Å²) in [5.74, 6) is -0.997. The molecule has 15 heavy (non-hydrogen) atoms. The van der Waals surface area contributed by atoms with Gasteiger partial charge in [-0.3, -0.25) is 0 Å². The van der Waals surface area contributed by atoms with Crippen LogP contribution in [0.1, 0.15) is 33.6 Å². The molecule has 2 amide bonds. The number of rotatable bonds is 4. The SMILES string of the molecule is CC[C@@H](NC(=O)NC1CC1(C)C)C(=O)O. The van der Waals surface area contributed by atoms with E-state index < -0.39 is 12.0 Å². The monoisotopic (exact) mass is 214 g/mol. The van der Waals surface area contributed by atoms with E-state index in [9.17, 15) is 9.59 Å². The third-order valence-electron chi connectivity index (χ3n) is 2.83. The number of nitrogens with one attached hydrogen (secondary N) is 2. The highest BCUT2D eigenvalue weighted by atomic mass is 16.4. The maximum absolute atomic E-state index is 11.4. The van der Waals surface area contributed by atoms with Gasteiger partial charge in [-0.25, -0.2) is 9.59 Å². The number of carbonyl (C=O) groups excluding carboxylic acids is 1. The summed E-state index contributed by atoms with van der Waals surface area (Å²) in [7, 11) is 0. The molecule has 0 aromatic rings. The van der Waals surface area contributed by atoms with Crippen molar-refractivity contribution in [2.75, 3.05) is 0 Å². The number of hydrogen-bond acceptors (Lipinski definition) is 2. The van der Waals surface area contributed by atoms with Crippen molar-refractivity contribution >= 4 is 12.0 Å². The molecule has 0 radical (unpaired) electrons. The van der Waals surface area contributed by atoms with Gasteiger partial charge >= 0.3 is 12.0 Å². The maximum Gasteiger partial charge on any atom is 0.326 e. The van der Waals surface area contributed by atoms with Crippen LogP contribution in [0.5, 0.6) is 0 Å². The third-order valence-corrected chi connectivity index (χ3v) is 2.83. The number of carboxylic acid groups (broad SMARTS) is 1. The predicted molar refractivity (Wildman–Crippen MR) is 55.6 cm³/mol. The molecule has 5 heteroatoms. The Bertz CT molecular complexity index is 276. The Labute approximate surface area is 89.2 Å².